The zero-order chi connectivity index (χ0) is 14.8. The minimum Gasteiger partial charge on any atom is -0.343 e. The van der Waals surface area contributed by atoms with E-state index < -0.39 is 0 Å². The molecule has 2 bridgehead atoms. The van der Waals surface area contributed by atoms with E-state index in [9.17, 15) is 0 Å². The van der Waals surface area contributed by atoms with Crippen LogP contribution in [-0.2, 0) is 6.54 Å². The molecule has 4 rings (SSSR count). The van der Waals surface area contributed by atoms with Gasteiger partial charge in [0.1, 0.15) is 6.54 Å². The molecule has 1 aliphatic heterocycles. The second-order valence-electron chi connectivity index (χ2n) is 7.76. The number of nitrogens with two attached hydrogens (primary N) is 1. The summed E-state index contributed by atoms with van der Waals surface area (Å²) in [6.07, 6.45) is 10.7. The van der Waals surface area contributed by atoms with Gasteiger partial charge in [0.25, 0.3) is 0 Å². The van der Waals surface area contributed by atoms with E-state index in [1.54, 1.807) is 4.90 Å². The topological polar surface area (TPSA) is 21.1 Å². The van der Waals surface area contributed by atoms with E-state index in [2.05, 4.69) is 47.8 Å². The number of hydrogen-bond acceptors (Lipinski definition) is 0. The van der Waals surface area contributed by atoms with Gasteiger partial charge in [0.05, 0.1) is 25.7 Å². The molecule has 0 amide bonds. The molecule has 2 nitrogen and oxygen atoms in total. The van der Waals surface area contributed by atoms with Gasteiger partial charge in [-0.05, 0) is 24.7 Å². The molecule has 0 unspecified atom stereocenters. The van der Waals surface area contributed by atoms with Crippen LogP contribution >= 0.6 is 0 Å². The van der Waals surface area contributed by atoms with Gasteiger partial charge in [-0.2, -0.15) is 0 Å². The van der Waals surface area contributed by atoms with Crippen LogP contribution in [0.1, 0.15) is 31.2 Å². The molecule has 1 saturated carbocycles. The first-order valence-electron chi connectivity index (χ1n) is 9.26. The number of piperidine rings is 1. The van der Waals surface area contributed by atoms with Crippen LogP contribution in [0.25, 0.3) is 0 Å². The van der Waals surface area contributed by atoms with Crippen LogP contribution in [0.15, 0.2) is 42.5 Å². The molecule has 2 fully saturated rings. The van der Waals surface area contributed by atoms with Crippen molar-refractivity contribution >= 4 is 0 Å². The first-order chi connectivity index (χ1) is 10.9. The lowest BCUT2D eigenvalue weighted by atomic mass is 9.93. The fourth-order valence-electron chi connectivity index (χ4n) is 4.88. The van der Waals surface area contributed by atoms with Crippen LogP contribution in [0.2, 0.25) is 0 Å². The summed E-state index contributed by atoms with van der Waals surface area (Å²) in [5.41, 5.74) is 1.49. The summed E-state index contributed by atoms with van der Waals surface area (Å²) < 4.78 is 0. The monoisotopic (exact) mass is 298 g/mol. The third kappa shape index (κ3) is 3.28. The average Bonchev–Trinajstić information content (AvgIpc) is 3.18. The van der Waals surface area contributed by atoms with Crippen LogP contribution < -0.4 is 10.2 Å². The van der Waals surface area contributed by atoms with E-state index in [4.69, 9.17) is 0 Å². The highest BCUT2D eigenvalue weighted by molar-refractivity contribution is 5.13. The van der Waals surface area contributed by atoms with Gasteiger partial charge in [0.2, 0.25) is 0 Å². The Morgan fingerprint density at radius 2 is 1.82 bits per heavy atom. The maximum Gasteiger partial charge on any atom is 0.103 e. The van der Waals surface area contributed by atoms with Crippen molar-refractivity contribution in [1.82, 2.24) is 0 Å². The summed E-state index contributed by atoms with van der Waals surface area (Å²) in [6, 6.07) is 11.9. The molecular formula is C20H30N2+2. The second kappa shape index (κ2) is 6.55. The molecule has 1 aromatic rings. The molecule has 118 valence electrons. The third-order valence-corrected chi connectivity index (χ3v) is 6.22. The Morgan fingerprint density at radius 3 is 2.50 bits per heavy atom. The number of likely N-dealkylation sites (tertiary alicyclic amines) is 1. The summed E-state index contributed by atoms with van der Waals surface area (Å²) in [5, 5.41) is 2.69. The molecule has 2 heteroatoms. The lowest BCUT2D eigenvalue weighted by Gasteiger charge is -2.29. The molecule has 2 aliphatic carbocycles. The van der Waals surface area contributed by atoms with Crippen LogP contribution in [0, 0.1) is 17.8 Å². The van der Waals surface area contributed by atoms with Crippen molar-refractivity contribution in [2.24, 2.45) is 17.8 Å². The molecule has 0 radical (unpaired) electrons. The van der Waals surface area contributed by atoms with Crippen LogP contribution in [-0.4, -0.2) is 25.7 Å². The highest BCUT2D eigenvalue weighted by Gasteiger charge is 2.37. The van der Waals surface area contributed by atoms with Crippen molar-refractivity contribution in [3.05, 3.63) is 48.0 Å². The Kier molecular flexibility index (Phi) is 4.31. The van der Waals surface area contributed by atoms with Crippen molar-refractivity contribution in [2.75, 3.05) is 19.6 Å². The van der Waals surface area contributed by atoms with Crippen molar-refractivity contribution < 1.29 is 10.2 Å². The van der Waals surface area contributed by atoms with Crippen LogP contribution in [0.5, 0.6) is 0 Å². The number of quaternary nitrogens is 2. The van der Waals surface area contributed by atoms with Gasteiger partial charge in [0, 0.05) is 24.3 Å². The first kappa shape index (κ1) is 14.5. The Balaban J connectivity index is 1.19. The summed E-state index contributed by atoms with van der Waals surface area (Å²) >= 11 is 0. The normalized spacial score (nSPS) is 36.8. The molecule has 3 aliphatic rings. The summed E-state index contributed by atoms with van der Waals surface area (Å²) in [4.78, 5) is 1.78. The van der Waals surface area contributed by atoms with Gasteiger partial charge in [-0.1, -0.05) is 42.5 Å². The Bertz CT molecular complexity index is 502. The van der Waals surface area contributed by atoms with Gasteiger partial charge in [-0.25, -0.2) is 0 Å². The van der Waals surface area contributed by atoms with E-state index in [0.29, 0.717) is 0 Å². The smallest absolute Gasteiger partial charge is 0.103 e. The molecule has 1 saturated heterocycles. The van der Waals surface area contributed by atoms with Crippen LogP contribution in [0.3, 0.4) is 0 Å². The van der Waals surface area contributed by atoms with Gasteiger partial charge in [-0.15, -0.1) is 0 Å². The minimum atomic E-state index is 0.891. The van der Waals surface area contributed by atoms with Crippen LogP contribution in [0.4, 0.5) is 0 Å². The molecule has 3 atom stereocenters. The fraction of sp³-hybridized carbons (Fsp3) is 0.600. The molecule has 1 aromatic carbocycles. The quantitative estimate of drug-likeness (QED) is 0.757. The van der Waals surface area contributed by atoms with Gasteiger partial charge >= 0.3 is 0 Å². The number of nitrogens with one attached hydrogen (secondary N) is 1. The Hall–Kier alpha value is -1.12. The van der Waals surface area contributed by atoms with Crippen molar-refractivity contribution in [1.29, 1.82) is 0 Å². The van der Waals surface area contributed by atoms with E-state index in [1.165, 1.54) is 57.4 Å². The number of fused-ring (bicyclic) bond motifs is 2. The van der Waals surface area contributed by atoms with Crippen molar-refractivity contribution in [3.63, 3.8) is 0 Å². The van der Waals surface area contributed by atoms with Gasteiger partial charge in [0.15, 0.2) is 0 Å². The maximum atomic E-state index is 2.69. The largest absolute Gasteiger partial charge is 0.343 e. The average molecular weight is 298 g/mol. The third-order valence-electron chi connectivity index (χ3n) is 6.22. The van der Waals surface area contributed by atoms with E-state index >= 15 is 0 Å². The Morgan fingerprint density at radius 1 is 1.00 bits per heavy atom. The Labute approximate surface area is 134 Å². The fourth-order valence-corrected chi connectivity index (χ4v) is 4.88. The summed E-state index contributed by atoms with van der Waals surface area (Å²) in [6.45, 7) is 5.30. The maximum absolute atomic E-state index is 2.69. The SMILES string of the molecule is C1=C[C@H]2C[C@@H]1C[C@@H]2C[NH2+]C1CC[NH+](Cc2ccccc2)CC1. The van der Waals surface area contributed by atoms with Gasteiger partial charge in [-0.3, -0.25) is 0 Å². The first-order valence-corrected chi connectivity index (χ1v) is 9.26. The highest BCUT2D eigenvalue weighted by Crippen LogP contribution is 2.42. The van der Waals surface area contributed by atoms with Crippen molar-refractivity contribution in [3.8, 4) is 0 Å². The van der Waals surface area contributed by atoms with E-state index in [-0.39, 0.29) is 0 Å². The molecule has 0 spiro atoms. The van der Waals surface area contributed by atoms with Gasteiger partial charge < -0.3 is 10.2 Å². The molecule has 3 N–H and O–H groups in total. The molecule has 1 heterocycles. The number of allylic oxidation sites excluding steroid dienone is 2. The van der Waals surface area contributed by atoms with E-state index in [0.717, 1.165) is 23.8 Å². The second-order valence-corrected chi connectivity index (χ2v) is 7.76. The number of rotatable bonds is 5. The lowest BCUT2D eigenvalue weighted by Crippen LogP contribution is -3.13. The molecular weight excluding hydrogens is 268 g/mol. The summed E-state index contributed by atoms with van der Waals surface area (Å²) in [5.74, 6) is 2.83. The minimum absolute atomic E-state index is 0.891. The lowest BCUT2D eigenvalue weighted by molar-refractivity contribution is -0.926. The predicted molar refractivity (Wildman–Crippen MR) is 89.5 cm³/mol. The zero-order valence-corrected chi connectivity index (χ0v) is 13.6. The number of hydrogen-bond donors (Lipinski definition) is 2. The molecule has 22 heavy (non-hydrogen) atoms. The summed E-state index contributed by atoms with van der Waals surface area (Å²) in [7, 11) is 0. The highest BCUT2D eigenvalue weighted by atomic mass is 15.1. The van der Waals surface area contributed by atoms with Crippen molar-refractivity contribution in [2.45, 2.75) is 38.3 Å². The molecule has 0 aromatic heterocycles. The van der Waals surface area contributed by atoms with E-state index in [1.807, 2.05) is 0 Å². The zero-order valence-electron chi connectivity index (χ0n) is 13.6. The standard InChI is InChI=1S/C20H28N2/c1-2-4-16(5-3-1)15-22-10-8-20(9-11-22)21-14-19-13-17-6-7-18(19)12-17/h1-7,17-21H,8-15H2/p+2/t17-,18+,19-/m1/s1. The number of benzene rings is 1. The predicted octanol–water partition coefficient (Wildman–Crippen LogP) is 1.01.